The Morgan fingerprint density at radius 1 is 1.15 bits per heavy atom. The maximum absolute atomic E-state index is 5.89. The molecule has 0 saturated heterocycles. The first-order valence-electron chi connectivity index (χ1n) is 9.75. The lowest BCUT2D eigenvalue weighted by Crippen LogP contribution is -1.98. The van der Waals surface area contributed by atoms with Gasteiger partial charge in [-0.05, 0) is 60.0 Å². The molecule has 0 bridgehead atoms. The maximum Gasteiger partial charge on any atom is 0.203 e. The Hall–Kier alpha value is -1.40. The number of hydrazone groups is 1. The minimum absolute atomic E-state index is 0.768. The van der Waals surface area contributed by atoms with Gasteiger partial charge in [0.2, 0.25) is 5.13 Å². The van der Waals surface area contributed by atoms with E-state index in [0.29, 0.717) is 0 Å². The zero-order chi connectivity index (χ0) is 19.5. The Morgan fingerprint density at radius 2 is 1.89 bits per heavy atom. The second-order valence-electron chi connectivity index (χ2n) is 6.69. The van der Waals surface area contributed by atoms with Crippen molar-refractivity contribution in [2.75, 3.05) is 12.0 Å². The van der Waals surface area contributed by atoms with E-state index in [1.807, 2.05) is 25.1 Å². The van der Waals surface area contributed by atoms with Gasteiger partial charge in [0.25, 0.3) is 0 Å². The Balaban J connectivity index is 1.72. The van der Waals surface area contributed by atoms with Crippen molar-refractivity contribution in [3.05, 3.63) is 38.8 Å². The van der Waals surface area contributed by atoms with E-state index in [0.717, 1.165) is 39.6 Å². The van der Waals surface area contributed by atoms with Crippen molar-refractivity contribution in [1.82, 2.24) is 4.98 Å². The minimum atomic E-state index is 0.768. The number of hydrogen-bond donors (Lipinski definition) is 1. The largest absolute Gasteiger partial charge is 0.492 e. The van der Waals surface area contributed by atoms with Crippen LogP contribution in [0.15, 0.2) is 27.8 Å². The summed E-state index contributed by atoms with van der Waals surface area (Å²) in [7, 11) is 0. The minimum Gasteiger partial charge on any atom is -0.492 e. The maximum atomic E-state index is 5.89. The number of aromatic nitrogens is 1. The van der Waals surface area contributed by atoms with Crippen LogP contribution in [0, 0.1) is 13.8 Å². The van der Waals surface area contributed by atoms with Crippen LogP contribution in [-0.2, 0) is 0 Å². The van der Waals surface area contributed by atoms with Crippen LogP contribution in [0.25, 0.3) is 0 Å². The van der Waals surface area contributed by atoms with Gasteiger partial charge in [0.05, 0.1) is 23.0 Å². The van der Waals surface area contributed by atoms with Gasteiger partial charge in [-0.25, -0.2) is 4.98 Å². The monoisotopic (exact) mass is 451 g/mol. The van der Waals surface area contributed by atoms with Crippen LogP contribution >= 0.6 is 27.3 Å². The number of nitrogens with one attached hydrogen (secondary N) is 1. The molecule has 0 amide bonds. The van der Waals surface area contributed by atoms with E-state index in [-0.39, 0.29) is 0 Å². The molecule has 0 spiro atoms. The van der Waals surface area contributed by atoms with E-state index < -0.39 is 0 Å². The van der Waals surface area contributed by atoms with Gasteiger partial charge in [-0.1, -0.05) is 45.4 Å². The number of nitrogens with zero attached hydrogens (tertiary/aromatic N) is 2. The van der Waals surface area contributed by atoms with Gasteiger partial charge >= 0.3 is 0 Å². The van der Waals surface area contributed by atoms with Crippen LogP contribution in [0.3, 0.4) is 0 Å². The van der Waals surface area contributed by atoms with Crippen molar-refractivity contribution >= 4 is 38.6 Å². The molecule has 1 N–H and O–H groups in total. The third-order valence-electron chi connectivity index (χ3n) is 4.36. The molecule has 1 aromatic carbocycles. The lowest BCUT2D eigenvalue weighted by Gasteiger charge is -2.08. The molecule has 0 aliphatic carbocycles. The van der Waals surface area contributed by atoms with Crippen molar-refractivity contribution in [2.24, 2.45) is 5.10 Å². The van der Waals surface area contributed by atoms with Gasteiger partial charge in [-0.3, -0.25) is 5.43 Å². The summed E-state index contributed by atoms with van der Waals surface area (Å²) in [5.74, 6) is 0.886. The van der Waals surface area contributed by atoms with Gasteiger partial charge in [0, 0.05) is 4.88 Å². The summed E-state index contributed by atoms with van der Waals surface area (Å²) in [5, 5.41) is 5.08. The number of aryl methyl sites for hydroxylation is 2. The second kappa shape index (κ2) is 12.1. The molecule has 2 aromatic rings. The van der Waals surface area contributed by atoms with Crippen LogP contribution in [-0.4, -0.2) is 17.8 Å². The summed E-state index contributed by atoms with van der Waals surface area (Å²) in [6, 6.07) is 6.02. The Labute approximate surface area is 175 Å². The van der Waals surface area contributed by atoms with E-state index >= 15 is 0 Å². The summed E-state index contributed by atoms with van der Waals surface area (Å²) in [6.45, 7) is 7.08. The third kappa shape index (κ3) is 8.01. The standard InChI is InChI=1S/C21H30BrN3OS/c1-4-5-6-7-8-9-10-13-26-20-12-11-18(14-19(20)22)15-23-25-21-24-16(2)17(3)27-21/h11-12,14-15H,4-10,13H2,1-3H3,(H,24,25)/b23-15-. The number of hydrogen-bond acceptors (Lipinski definition) is 5. The van der Waals surface area contributed by atoms with E-state index in [1.54, 1.807) is 17.6 Å². The molecule has 0 aliphatic rings. The van der Waals surface area contributed by atoms with Crippen LogP contribution in [0.5, 0.6) is 5.75 Å². The SMILES string of the molecule is CCCCCCCCCOc1ccc(/C=N\Nc2nc(C)c(C)s2)cc1Br. The molecule has 1 heterocycles. The topological polar surface area (TPSA) is 46.5 Å². The fraction of sp³-hybridized carbons (Fsp3) is 0.524. The predicted molar refractivity (Wildman–Crippen MR) is 120 cm³/mol. The quantitative estimate of drug-likeness (QED) is 0.212. The normalized spacial score (nSPS) is 11.3. The van der Waals surface area contributed by atoms with Crippen molar-refractivity contribution < 1.29 is 4.74 Å². The van der Waals surface area contributed by atoms with Crippen LogP contribution in [0.2, 0.25) is 0 Å². The van der Waals surface area contributed by atoms with Crippen molar-refractivity contribution in [1.29, 1.82) is 0 Å². The highest BCUT2D eigenvalue weighted by atomic mass is 79.9. The summed E-state index contributed by atoms with van der Waals surface area (Å²) < 4.78 is 6.85. The first kappa shape index (κ1) is 21.9. The Kier molecular flexibility index (Phi) is 9.84. The smallest absolute Gasteiger partial charge is 0.203 e. The van der Waals surface area contributed by atoms with E-state index in [2.05, 4.69) is 45.3 Å². The number of anilines is 1. The Morgan fingerprint density at radius 3 is 2.56 bits per heavy atom. The highest BCUT2D eigenvalue weighted by Crippen LogP contribution is 2.26. The number of halogens is 1. The molecular formula is C21H30BrN3OS. The first-order valence-corrected chi connectivity index (χ1v) is 11.4. The molecule has 6 heteroatoms. The zero-order valence-electron chi connectivity index (χ0n) is 16.6. The molecule has 0 fully saturated rings. The average molecular weight is 452 g/mol. The summed E-state index contributed by atoms with van der Waals surface area (Å²) >= 11 is 5.20. The highest BCUT2D eigenvalue weighted by Gasteiger charge is 2.03. The summed E-state index contributed by atoms with van der Waals surface area (Å²) in [4.78, 5) is 5.61. The summed E-state index contributed by atoms with van der Waals surface area (Å²) in [5.41, 5.74) is 5.03. The second-order valence-corrected chi connectivity index (χ2v) is 8.75. The van der Waals surface area contributed by atoms with Crippen LogP contribution in [0.4, 0.5) is 5.13 Å². The van der Waals surface area contributed by atoms with Gasteiger partial charge < -0.3 is 4.74 Å². The van der Waals surface area contributed by atoms with Crippen molar-refractivity contribution in [3.8, 4) is 5.75 Å². The van der Waals surface area contributed by atoms with Gasteiger partial charge in [0.1, 0.15) is 5.75 Å². The average Bonchev–Trinajstić information content (AvgIpc) is 2.96. The fourth-order valence-electron chi connectivity index (χ4n) is 2.64. The molecule has 0 radical (unpaired) electrons. The molecule has 27 heavy (non-hydrogen) atoms. The number of unbranched alkanes of at least 4 members (excludes halogenated alkanes) is 6. The molecule has 1 aromatic heterocycles. The van der Waals surface area contributed by atoms with E-state index in [9.17, 15) is 0 Å². The molecule has 2 rings (SSSR count). The Bertz CT molecular complexity index is 711. The zero-order valence-corrected chi connectivity index (χ0v) is 19.0. The first-order chi connectivity index (χ1) is 13.1. The van der Waals surface area contributed by atoms with Gasteiger partial charge in [-0.15, -0.1) is 11.3 Å². The number of thiazole rings is 1. The number of benzene rings is 1. The molecular weight excluding hydrogens is 422 g/mol. The van der Waals surface area contributed by atoms with Crippen LogP contribution < -0.4 is 10.2 Å². The molecule has 0 aliphatic heterocycles. The molecule has 148 valence electrons. The van der Waals surface area contributed by atoms with E-state index in [4.69, 9.17) is 4.74 Å². The van der Waals surface area contributed by atoms with Gasteiger partial charge in [0.15, 0.2) is 0 Å². The van der Waals surface area contributed by atoms with Gasteiger partial charge in [-0.2, -0.15) is 5.10 Å². The fourth-order valence-corrected chi connectivity index (χ4v) is 3.91. The molecule has 0 saturated carbocycles. The van der Waals surface area contributed by atoms with Crippen LogP contribution in [0.1, 0.15) is 68.0 Å². The van der Waals surface area contributed by atoms with E-state index in [1.165, 1.54) is 43.4 Å². The molecule has 4 nitrogen and oxygen atoms in total. The highest BCUT2D eigenvalue weighted by molar-refractivity contribution is 9.10. The summed E-state index contributed by atoms with van der Waals surface area (Å²) in [6.07, 6.45) is 10.8. The molecule has 0 atom stereocenters. The van der Waals surface area contributed by atoms with Crippen molar-refractivity contribution in [3.63, 3.8) is 0 Å². The van der Waals surface area contributed by atoms with Crippen molar-refractivity contribution in [2.45, 2.75) is 65.7 Å². The third-order valence-corrected chi connectivity index (χ3v) is 5.96. The number of ether oxygens (including phenoxy) is 1. The lowest BCUT2D eigenvalue weighted by molar-refractivity contribution is 0.302. The molecule has 0 unspecified atom stereocenters. The predicted octanol–water partition coefficient (Wildman–Crippen LogP) is 7.10. The lowest BCUT2D eigenvalue weighted by atomic mass is 10.1. The number of rotatable bonds is 12.